The first kappa shape index (κ1) is 18.5. The summed E-state index contributed by atoms with van der Waals surface area (Å²) in [7, 11) is 0. The number of carbonyl (C=O) groups is 2. The second kappa shape index (κ2) is 9.44. The van der Waals surface area contributed by atoms with E-state index in [0.29, 0.717) is 12.8 Å². The van der Waals surface area contributed by atoms with Gasteiger partial charge in [0.15, 0.2) is 5.41 Å². The van der Waals surface area contributed by atoms with Gasteiger partial charge in [-0.05, 0) is 39.5 Å². The molecule has 0 unspecified atom stereocenters. The molecule has 0 aromatic carbocycles. The van der Waals surface area contributed by atoms with Crippen LogP contribution in [-0.2, 0) is 19.1 Å². The molecule has 1 aliphatic carbocycles. The van der Waals surface area contributed by atoms with Crippen molar-refractivity contribution in [2.75, 3.05) is 13.2 Å². The topological polar surface area (TPSA) is 52.6 Å². The van der Waals surface area contributed by atoms with E-state index in [9.17, 15) is 9.59 Å². The van der Waals surface area contributed by atoms with E-state index in [1.54, 1.807) is 13.8 Å². The lowest BCUT2D eigenvalue weighted by molar-refractivity contribution is -0.171. The third-order valence-corrected chi connectivity index (χ3v) is 3.87. The summed E-state index contributed by atoms with van der Waals surface area (Å²) < 4.78 is 10.2. The van der Waals surface area contributed by atoms with Gasteiger partial charge in [0.1, 0.15) is 0 Å². The molecule has 4 heteroatoms. The molecule has 0 fully saturated rings. The van der Waals surface area contributed by atoms with Gasteiger partial charge in [-0.3, -0.25) is 9.59 Å². The van der Waals surface area contributed by atoms with Crippen molar-refractivity contribution in [3.05, 3.63) is 23.8 Å². The van der Waals surface area contributed by atoms with Gasteiger partial charge in [-0.25, -0.2) is 0 Å². The Morgan fingerprint density at radius 3 is 2.32 bits per heavy atom. The summed E-state index contributed by atoms with van der Waals surface area (Å²) >= 11 is 0. The van der Waals surface area contributed by atoms with Crippen LogP contribution in [0.5, 0.6) is 0 Å². The number of rotatable bonds is 9. The van der Waals surface area contributed by atoms with E-state index in [2.05, 4.69) is 19.1 Å². The van der Waals surface area contributed by atoms with Crippen LogP contribution >= 0.6 is 0 Å². The minimum absolute atomic E-state index is 0.270. The first-order valence-electron chi connectivity index (χ1n) is 8.28. The molecule has 0 aromatic heterocycles. The third-order valence-electron chi connectivity index (χ3n) is 3.87. The quantitative estimate of drug-likeness (QED) is 0.280. The van der Waals surface area contributed by atoms with E-state index in [-0.39, 0.29) is 13.2 Å². The highest BCUT2D eigenvalue weighted by Gasteiger charge is 2.50. The van der Waals surface area contributed by atoms with Crippen molar-refractivity contribution >= 4 is 11.9 Å². The Bertz CT molecular complexity index is 416. The molecule has 0 aliphatic heterocycles. The van der Waals surface area contributed by atoms with Crippen LogP contribution in [0.3, 0.4) is 0 Å². The van der Waals surface area contributed by atoms with E-state index in [1.807, 2.05) is 6.08 Å². The first-order valence-corrected chi connectivity index (χ1v) is 8.28. The van der Waals surface area contributed by atoms with E-state index in [1.165, 1.54) is 12.8 Å². The zero-order chi connectivity index (χ0) is 16.4. The number of hydrogen-bond donors (Lipinski definition) is 0. The normalized spacial score (nSPS) is 16.6. The van der Waals surface area contributed by atoms with Crippen LogP contribution in [0.4, 0.5) is 0 Å². The number of allylic oxidation sites excluding steroid dienone is 4. The molecule has 0 spiro atoms. The second-order valence-corrected chi connectivity index (χ2v) is 5.58. The highest BCUT2D eigenvalue weighted by molar-refractivity contribution is 6.01. The number of unbranched alkanes of at least 4 members (excludes halogenated alkanes) is 2. The number of carbonyl (C=O) groups excluding carboxylic acids is 2. The maximum absolute atomic E-state index is 12.3. The van der Waals surface area contributed by atoms with Gasteiger partial charge in [-0.1, -0.05) is 43.6 Å². The van der Waals surface area contributed by atoms with Gasteiger partial charge in [0.2, 0.25) is 0 Å². The molecule has 0 saturated heterocycles. The predicted octanol–water partition coefficient (Wildman–Crippen LogP) is 3.96. The molecule has 0 saturated carbocycles. The lowest BCUT2D eigenvalue weighted by Gasteiger charge is -2.24. The fraction of sp³-hybridized carbons (Fsp3) is 0.667. The molecule has 0 aromatic rings. The fourth-order valence-electron chi connectivity index (χ4n) is 2.61. The average Bonchev–Trinajstić information content (AvgIpc) is 2.93. The van der Waals surface area contributed by atoms with Gasteiger partial charge < -0.3 is 9.47 Å². The molecule has 0 amide bonds. The van der Waals surface area contributed by atoms with Crippen LogP contribution < -0.4 is 0 Å². The smallest absolute Gasteiger partial charge is 0.324 e. The van der Waals surface area contributed by atoms with Gasteiger partial charge in [-0.2, -0.15) is 0 Å². The molecule has 124 valence electrons. The van der Waals surface area contributed by atoms with Crippen molar-refractivity contribution in [1.29, 1.82) is 0 Å². The lowest BCUT2D eigenvalue weighted by atomic mass is 9.84. The Morgan fingerprint density at radius 1 is 1.14 bits per heavy atom. The Hall–Kier alpha value is -1.58. The monoisotopic (exact) mass is 308 g/mol. The van der Waals surface area contributed by atoms with Crippen molar-refractivity contribution in [1.82, 2.24) is 0 Å². The Balaban J connectivity index is 2.68. The maximum atomic E-state index is 12.3. The molecule has 0 bridgehead atoms. The zero-order valence-electron chi connectivity index (χ0n) is 14.0. The number of esters is 2. The molecular weight excluding hydrogens is 280 g/mol. The summed E-state index contributed by atoms with van der Waals surface area (Å²) in [6.07, 6.45) is 11.3. The van der Waals surface area contributed by atoms with Crippen LogP contribution in [-0.4, -0.2) is 25.2 Å². The summed E-state index contributed by atoms with van der Waals surface area (Å²) in [6, 6.07) is 0. The molecule has 4 nitrogen and oxygen atoms in total. The summed E-state index contributed by atoms with van der Waals surface area (Å²) in [5.74, 6) is -0.927. The maximum Gasteiger partial charge on any atom is 0.324 e. The van der Waals surface area contributed by atoms with Crippen molar-refractivity contribution in [3.8, 4) is 0 Å². The van der Waals surface area contributed by atoms with Crippen LogP contribution in [0.1, 0.15) is 59.3 Å². The van der Waals surface area contributed by atoms with Crippen LogP contribution in [0.2, 0.25) is 0 Å². The van der Waals surface area contributed by atoms with Crippen LogP contribution in [0, 0.1) is 5.41 Å². The van der Waals surface area contributed by atoms with Crippen molar-refractivity contribution in [2.24, 2.45) is 5.41 Å². The average molecular weight is 308 g/mol. The number of hydrogen-bond acceptors (Lipinski definition) is 4. The number of ether oxygens (including phenoxy) is 2. The summed E-state index contributed by atoms with van der Waals surface area (Å²) in [5.41, 5.74) is -0.0626. The van der Waals surface area contributed by atoms with Gasteiger partial charge in [-0.15, -0.1) is 0 Å². The first-order chi connectivity index (χ1) is 10.6. The Labute approximate surface area is 133 Å². The molecule has 1 aliphatic rings. The SMILES string of the molecule is CCCC/C=C/CC1=CCC(C(=O)OCC)(C(=O)OCC)C1. The Kier molecular flexibility index (Phi) is 7.92. The lowest BCUT2D eigenvalue weighted by Crippen LogP contribution is -2.40. The van der Waals surface area contributed by atoms with E-state index < -0.39 is 17.4 Å². The summed E-state index contributed by atoms with van der Waals surface area (Å²) in [6.45, 7) is 6.20. The van der Waals surface area contributed by atoms with E-state index >= 15 is 0 Å². The van der Waals surface area contributed by atoms with Gasteiger partial charge in [0, 0.05) is 0 Å². The minimum Gasteiger partial charge on any atom is -0.465 e. The molecule has 22 heavy (non-hydrogen) atoms. The minimum atomic E-state index is -1.17. The van der Waals surface area contributed by atoms with Crippen molar-refractivity contribution < 1.29 is 19.1 Å². The summed E-state index contributed by atoms with van der Waals surface area (Å²) in [4.78, 5) is 24.5. The predicted molar refractivity (Wildman–Crippen MR) is 86.3 cm³/mol. The standard InChI is InChI=1S/C18H28O4/c1-4-7-8-9-10-11-15-12-13-18(14-15,16(19)21-5-2)17(20)22-6-3/h9-10,12H,4-8,11,13-14H2,1-3H3/b10-9+. The zero-order valence-corrected chi connectivity index (χ0v) is 14.0. The highest BCUT2D eigenvalue weighted by Crippen LogP contribution is 2.41. The molecule has 1 rings (SSSR count). The second-order valence-electron chi connectivity index (χ2n) is 5.58. The van der Waals surface area contributed by atoms with E-state index in [0.717, 1.165) is 18.4 Å². The molecule has 0 radical (unpaired) electrons. The van der Waals surface area contributed by atoms with Gasteiger partial charge in [0.25, 0.3) is 0 Å². The Morgan fingerprint density at radius 2 is 1.77 bits per heavy atom. The highest BCUT2D eigenvalue weighted by atomic mass is 16.6. The van der Waals surface area contributed by atoms with E-state index in [4.69, 9.17) is 9.47 Å². The van der Waals surface area contributed by atoms with Crippen molar-refractivity contribution in [2.45, 2.75) is 59.3 Å². The van der Waals surface area contributed by atoms with Crippen molar-refractivity contribution in [3.63, 3.8) is 0 Å². The molecule has 0 atom stereocenters. The van der Waals surface area contributed by atoms with Gasteiger partial charge >= 0.3 is 11.9 Å². The molecule has 0 heterocycles. The molecular formula is C18H28O4. The third kappa shape index (κ3) is 4.72. The fourth-order valence-corrected chi connectivity index (χ4v) is 2.61. The van der Waals surface area contributed by atoms with Crippen LogP contribution in [0.25, 0.3) is 0 Å². The molecule has 0 N–H and O–H groups in total. The van der Waals surface area contributed by atoms with Crippen LogP contribution in [0.15, 0.2) is 23.8 Å². The summed E-state index contributed by atoms with van der Waals surface area (Å²) in [5, 5.41) is 0. The largest absolute Gasteiger partial charge is 0.465 e. The van der Waals surface area contributed by atoms with Gasteiger partial charge in [0.05, 0.1) is 13.2 Å².